The highest BCUT2D eigenvalue weighted by atomic mass is 19.4. The molecule has 1 aromatic rings. The Balaban J connectivity index is 2.53. The SMILES string of the molecule is CCC/C=C(/C(=C\C=C(/C)OC)c1ccc2c(c1)CN(C(=O)CC)C2)C(F)(F)F. The maximum atomic E-state index is 13.9. The molecule has 1 aliphatic heterocycles. The van der Waals surface area contributed by atoms with Crippen LogP contribution in [0, 0.1) is 0 Å². The molecule has 1 heterocycles. The van der Waals surface area contributed by atoms with Crippen molar-refractivity contribution < 1.29 is 22.7 Å². The molecule has 29 heavy (non-hydrogen) atoms. The highest BCUT2D eigenvalue weighted by Crippen LogP contribution is 2.38. The van der Waals surface area contributed by atoms with Crippen molar-refractivity contribution in [2.45, 2.75) is 59.3 Å². The number of hydrogen-bond donors (Lipinski definition) is 0. The van der Waals surface area contributed by atoms with Crippen LogP contribution in [-0.4, -0.2) is 24.1 Å². The summed E-state index contributed by atoms with van der Waals surface area (Å²) in [5, 5.41) is 0. The molecule has 6 heteroatoms. The zero-order valence-corrected chi connectivity index (χ0v) is 17.4. The highest BCUT2D eigenvalue weighted by Gasteiger charge is 2.36. The molecule has 2 rings (SSSR count). The topological polar surface area (TPSA) is 29.5 Å². The molecule has 158 valence electrons. The number of nitrogens with zero attached hydrogens (tertiary/aromatic N) is 1. The summed E-state index contributed by atoms with van der Waals surface area (Å²) < 4.78 is 46.7. The number of hydrogen-bond acceptors (Lipinski definition) is 2. The van der Waals surface area contributed by atoms with Crippen molar-refractivity contribution in [1.82, 2.24) is 4.90 Å². The van der Waals surface area contributed by atoms with Crippen LogP contribution in [0.3, 0.4) is 0 Å². The zero-order valence-electron chi connectivity index (χ0n) is 17.4. The molecule has 1 amide bonds. The minimum Gasteiger partial charge on any atom is -0.501 e. The lowest BCUT2D eigenvalue weighted by molar-refractivity contribution is -0.131. The smallest absolute Gasteiger partial charge is 0.416 e. The number of unbranched alkanes of at least 4 members (excludes halogenated alkanes) is 1. The number of allylic oxidation sites excluding steroid dienone is 6. The Labute approximate surface area is 170 Å². The molecule has 0 aromatic heterocycles. The second kappa shape index (κ2) is 9.81. The summed E-state index contributed by atoms with van der Waals surface area (Å²) in [4.78, 5) is 13.7. The average molecular weight is 407 g/mol. The number of alkyl halides is 3. The average Bonchev–Trinajstić information content (AvgIpc) is 3.11. The van der Waals surface area contributed by atoms with E-state index in [4.69, 9.17) is 4.74 Å². The van der Waals surface area contributed by atoms with Crippen molar-refractivity contribution in [3.05, 3.63) is 64.4 Å². The Kier molecular flexibility index (Phi) is 7.71. The number of ether oxygens (including phenoxy) is 1. The van der Waals surface area contributed by atoms with Crippen molar-refractivity contribution in [3.8, 4) is 0 Å². The van der Waals surface area contributed by atoms with E-state index in [1.165, 1.54) is 19.3 Å². The van der Waals surface area contributed by atoms with E-state index in [0.717, 1.165) is 11.1 Å². The quantitative estimate of drug-likeness (QED) is 0.400. The van der Waals surface area contributed by atoms with Crippen molar-refractivity contribution in [2.75, 3.05) is 7.11 Å². The molecular weight excluding hydrogens is 379 g/mol. The number of fused-ring (bicyclic) bond motifs is 1. The number of rotatable bonds is 7. The summed E-state index contributed by atoms with van der Waals surface area (Å²) in [6.45, 7) is 6.26. The highest BCUT2D eigenvalue weighted by molar-refractivity contribution is 5.82. The van der Waals surface area contributed by atoms with Gasteiger partial charge in [0.1, 0.15) is 0 Å². The van der Waals surface area contributed by atoms with Crippen LogP contribution in [0.1, 0.15) is 56.7 Å². The first-order valence-corrected chi connectivity index (χ1v) is 9.81. The van der Waals surface area contributed by atoms with E-state index in [0.29, 0.717) is 43.7 Å². The van der Waals surface area contributed by atoms with Gasteiger partial charge in [-0.15, -0.1) is 0 Å². The van der Waals surface area contributed by atoms with Crippen LogP contribution in [0.15, 0.2) is 47.8 Å². The van der Waals surface area contributed by atoms with E-state index < -0.39 is 11.7 Å². The second-order valence-corrected chi connectivity index (χ2v) is 7.05. The van der Waals surface area contributed by atoms with Gasteiger partial charge in [-0.25, -0.2) is 0 Å². The lowest BCUT2D eigenvalue weighted by Gasteiger charge is -2.17. The predicted molar refractivity (Wildman–Crippen MR) is 109 cm³/mol. The lowest BCUT2D eigenvalue weighted by atomic mass is 9.93. The molecule has 0 radical (unpaired) electrons. The molecule has 0 fully saturated rings. The van der Waals surface area contributed by atoms with E-state index in [-0.39, 0.29) is 11.5 Å². The molecule has 0 saturated heterocycles. The Bertz CT molecular complexity index is 835. The minimum absolute atomic E-state index is 0.0380. The van der Waals surface area contributed by atoms with Gasteiger partial charge in [-0.1, -0.05) is 44.6 Å². The standard InChI is InChI=1S/C23H28F3NO2/c1-5-7-8-21(23(24,25)26)20(12-9-16(3)29-4)17-10-11-18-14-27(22(28)6-2)15-19(18)13-17/h8-13H,5-7,14-15H2,1-4H3/b16-9+,20-12-,21-8-. The summed E-state index contributed by atoms with van der Waals surface area (Å²) in [6.07, 6.45) is 1.15. The first-order chi connectivity index (χ1) is 13.7. The number of carbonyl (C=O) groups excluding carboxylic acids is 1. The van der Waals surface area contributed by atoms with Crippen LogP contribution in [0.2, 0.25) is 0 Å². The maximum Gasteiger partial charge on any atom is 0.416 e. The molecule has 0 spiro atoms. The van der Waals surface area contributed by atoms with Gasteiger partial charge in [0, 0.05) is 19.5 Å². The van der Waals surface area contributed by atoms with Crippen molar-refractivity contribution in [3.63, 3.8) is 0 Å². The summed E-state index contributed by atoms with van der Waals surface area (Å²) in [5.74, 6) is 0.552. The minimum atomic E-state index is -4.47. The van der Waals surface area contributed by atoms with Gasteiger partial charge < -0.3 is 9.64 Å². The third-order valence-electron chi connectivity index (χ3n) is 4.93. The van der Waals surface area contributed by atoms with E-state index in [1.807, 2.05) is 13.0 Å². The molecule has 0 bridgehead atoms. The number of methoxy groups -OCH3 is 1. The molecule has 0 unspecified atom stereocenters. The van der Waals surface area contributed by atoms with Crippen LogP contribution >= 0.6 is 0 Å². The number of benzene rings is 1. The molecule has 3 nitrogen and oxygen atoms in total. The van der Waals surface area contributed by atoms with Gasteiger partial charge in [0.25, 0.3) is 0 Å². The Morgan fingerprint density at radius 2 is 1.86 bits per heavy atom. The van der Waals surface area contributed by atoms with E-state index in [9.17, 15) is 18.0 Å². The van der Waals surface area contributed by atoms with Crippen molar-refractivity contribution in [1.29, 1.82) is 0 Å². The maximum absolute atomic E-state index is 13.9. The molecule has 1 aliphatic rings. The fourth-order valence-electron chi connectivity index (χ4n) is 3.24. The number of halogens is 3. The summed E-state index contributed by atoms with van der Waals surface area (Å²) in [7, 11) is 1.48. The van der Waals surface area contributed by atoms with Gasteiger partial charge in [0.2, 0.25) is 5.91 Å². The third-order valence-corrected chi connectivity index (χ3v) is 4.93. The van der Waals surface area contributed by atoms with E-state index in [1.54, 1.807) is 37.0 Å². The largest absolute Gasteiger partial charge is 0.501 e. The van der Waals surface area contributed by atoms with Crippen LogP contribution < -0.4 is 0 Å². The Morgan fingerprint density at radius 3 is 2.45 bits per heavy atom. The fourth-order valence-corrected chi connectivity index (χ4v) is 3.24. The Hall–Kier alpha value is -2.50. The van der Waals surface area contributed by atoms with Crippen molar-refractivity contribution >= 4 is 11.5 Å². The Morgan fingerprint density at radius 1 is 1.17 bits per heavy atom. The zero-order chi connectivity index (χ0) is 21.6. The lowest BCUT2D eigenvalue weighted by Crippen LogP contribution is -2.23. The fraction of sp³-hybridized carbons (Fsp3) is 0.435. The predicted octanol–water partition coefficient (Wildman–Crippen LogP) is 6.16. The van der Waals surface area contributed by atoms with Gasteiger partial charge in [0.05, 0.1) is 18.4 Å². The third kappa shape index (κ3) is 5.75. The molecule has 0 saturated carbocycles. The van der Waals surface area contributed by atoms with E-state index in [2.05, 4.69) is 0 Å². The second-order valence-electron chi connectivity index (χ2n) is 7.05. The molecule has 1 aromatic carbocycles. The molecule has 0 N–H and O–H groups in total. The number of amides is 1. The van der Waals surface area contributed by atoms with Crippen LogP contribution in [0.4, 0.5) is 13.2 Å². The molecular formula is C23H28F3NO2. The summed E-state index contributed by atoms with van der Waals surface area (Å²) in [5.41, 5.74) is 1.79. The van der Waals surface area contributed by atoms with Crippen LogP contribution in [0.5, 0.6) is 0 Å². The van der Waals surface area contributed by atoms with Crippen molar-refractivity contribution in [2.24, 2.45) is 0 Å². The summed E-state index contributed by atoms with van der Waals surface area (Å²) in [6, 6.07) is 5.29. The van der Waals surface area contributed by atoms with Gasteiger partial charge in [-0.2, -0.15) is 13.2 Å². The summed E-state index contributed by atoms with van der Waals surface area (Å²) >= 11 is 0. The molecule has 0 atom stereocenters. The van der Waals surface area contributed by atoms with Crippen LogP contribution in [-0.2, 0) is 22.6 Å². The number of carbonyl (C=O) groups is 1. The normalized spacial score (nSPS) is 15.6. The van der Waals surface area contributed by atoms with Gasteiger partial charge in [-0.3, -0.25) is 4.79 Å². The monoisotopic (exact) mass is 407 g/mol. The van der Waals surface area contributed by atoms with Crippen LogP contribution in [0.25, 0.3) is 5.57 Å². The van der Waals surface area contributed by atoms with Gasteiger partial charge in [-0.05, 0) is 47.8 Å². The first-order valence-electron chi connectivity index (χ1n) is 9.81. The first kappa shape index (κ1) is 22.8. The van der Waals surface area contributed by atoms with E-state index >= 15 is 0 Å². The molecule has 0 aliphatic carbocycles. The van der Waals surface area contributed by atoms with Gasteiger partial charge >= 0.3 is 6.18 Å². The van der Waals surface area contributed by atoms with Gasteiger partial charge in [0.15, 0.2) is 0 Å².